The first-order chi connectivity index (χ1) is 17.0. The minimum atomic E-state index is -4.19. The molecule has 0 spiro atoms. The molecule has 2 N–H and O–H groups in total. The number of rotatable bonds is 10. The number of likely N-dealkylation sites (N-methyl/N-ethyl adjacent to an activating group) is 1. The highest BCUT2D eigenvalue weighted by Crippen LogP contribution is 2.23. The predicted octanol–water partition coefficient (Wildman–Crippen LogP) is 4.85. The summed E-state index contributed by atoms with van der Waals surface area (Å²) in [7, 11) is 2.04. The van der Waals surface area contributed by atoms with Gasteiger partial charge < -0.3 is 20.1 Å². The van der Waals surface area contributed by atoms with Crippen LogP contribution in [0, 0.1) is 13.8 Å². The molecule has 0 atom stereocenters. The van der Waals surface area contributed by atoms with E-state index in [4.69, 9.17) is 0 Å². The normalized spacial score (nSPS) is 16.1. The van der Waals surface area contributed by atoms with E-state index in [1.807, 2.05) is 25.8 Å². The van der Waals surface area contributed by atoms with Crippen LogP contribution in [0.3, 0.4) is 0 Å². The number of aromatic amines is 1. The Labute approximate surface area is 215 Å². The van der Waals surface area contributed by atoms with Gasteiger partial charge in [0.1, 0.15) is 0 Å². The Morgan fingerprint density at radius 1 is 1.08 bits per heavy atom. The molecule has 1 saturated heterocycles. The summed E-state index contributed by atoms with van der Waals surface area (Å²) in [5.41, 5.74) is 3.24. The Hall–Kier alpha value is -2.72. The molecule has 6 nitrogen and oxygen atoms in total. The Kier molecular flexibility index (Phi) is 11.6. The van der Waals surface area contributed by atoms with Crippen molar-refractivity contribution in [1.82, 2.24) is 20.1 Å². The molecule has 1 aromatic rings. The van der Waals surface area contributed by atoms with Crippen molar-refractivity contribution in [3.05, 3.63) is 64.7 Å². The van der Waals surface area contributed by atoms with Gasteiger partial charge in [0.25, 0.3) is 11.8 Å². The zero-order valence-corrected chi connectivity index (χ0v) is 22.1. The van der Waals surface area contributed by atoms with Crippen LogP contribution in [0.5, 0.6) is 0 Å². The maximum atomic E-state index is 13.2. The third-order valence-electron chi connectivity index (χ3n) is 5.67. The van der Waals surface area contributed by atoms with E-state index in [1.54, 1.807) is 37.4 Å². The topological polar surface area (TPSA) is 68.4 Å². The van der Waals surface area contributed by atoms with Crippen LogP contribution in [0.1, 0.15) is 40.7 Å². The van der Waals surface area contributed by atoms with Gasteiger partial charge in [-0.05, 0) is 45.7 Å². The Balaban J connectivity index is 2.15. The molecule has 2 rings (SSSR count). The molecule has 1 aliphatic heterocycles. The first-order valence-corrected chi connectivity index (χ1v) is 13.0. The van der Waals surface area contributed by atoms with Crippen molar-refractivity contribution in [2.75, 3.05) is 44.7 Å². The van der Waals surface area contributed by atoms with Crippen LogP contribution in [0.25, 0.3) is 6.08 Å². The van der Waals surface area contributed by atoms with Gasteiger partial charge in [-0.25, -0.2) is 0 Å². The van der Waals surface area contributed by atoms with E-state index >= 15 is 0 Å². The molecule has 0 bridgehead atoms. The number of nitrogens with one attached hydrogen (secondary N) is 2. The molecule has 0 saturated carbocycles. The number of H-pyrrole nitrogens is 1. The van der Waals surface area contributed by atoms with E-state index in [2.05, 4.69) is 15.2 Å². The van der Waals surface area contributed by atoms with E-state index < -0.39 is 12.6 Å². The minimum absolute atomic E-state index is 0.0144. The second-order valence-electron chi connectivity index (χ2n) is 8.56. The van der Waals surface area contributed by atoms with E-state index in [0.717, 1.165) is 30.4 Å². The average Bonchev–Trinajstić information content (AvgIpc) is 3.10. The molecule has 10 heteroatoms. The largest absolute Gasteiger partial charge is 0.392 e. The fraction of sp³-hybridized carbons (Fsp3) is 0.462. The number of halogens is 3. The molecule has 2 heterocycles. The van der Waals surface area contributed by atoms with Crippen LogP contribution in [0.4, 0.5) is 13.2 Å². The van der Waals surface area contributed by atoms with Gasteiger partial charge in [-0.15, -0.1) is 0 Å². The van der Waals surface area contributed by atoms with Crippen molar-refractivity contribution < 1.29 is 22.8 Å². The number of nitrogens with zero attached hydrogens (tertiary/aromatic N) is 2. The van der Waals surface area contributed by atoms with Crippen molar-refractivity contribution in [1.29, 1.82) is 0 Å². The third kappa shape index (κ3) is 9.39. The van der Waals surface area contributed by atoms with Gasteiger partial charge in [-0.2, -0.15) is 24.9 Å². The van der Waals surface area contributed by atoms with Crippen LogP contribution in [-0.2, 0) is 4.79 Å². The number of carbonyl (C=O) groups excluding carboxylic acids is 2. The van der Waals surface area contributed by atoms with Crippen LogP contribution in [-0.4, -0.2) is 77.5 Å². The van der Waals surface area contributed by atoms with Gasteiger partial charge in [-0.1, -0.05) is 30.4 Å². The predicted molar refractivity (Wildman–Crippen MR) is 141 cm³/mol. The number of allylic oxidation sites excluding steroid dienone is 2. The first kappa shape index (κ1) is 29.5. The number of thioether (sulfide) groups is 1. The van der Waals surface area contributed by atoms with Crippen molar-refractivity contribution in [2.45, 2.75) is 33.4 Å². The molecule has 198 valence electrons. The lowest BCUT2D eigenvalue weighted by Crippen LogP contribution is -2.47. The number of hydrogen-bond acceptors (Lipinski definition) is 4. The van der Waals surface area contributed by atoms with E-state index in [-0.39, 0.29) is 11.8 Å². The average molecular weight is 525 g/mol. The monoisotopic (exact) mass is 524 g/mol. The highest BCUT2D eigenvalue weighted by Gasteiger charge is 2.26. The highest BCUT2D eigenvalue weighted by molar-refractivity contribution is 7.99. The van der Waals surface area contributed by atoms with Gasteiger partial charge in [0.15, 0.2) is 0 Å². The van der Waals surface area contributed by atoms with Crippen molar-refractivity contribution in [3.8, 4) is 0 Å². The molecule has 0 radical (unpaired) electrons. The lowest BCUT2D eigenvalue weighted by Gasteiger charge is -2.32. The molecule has 1 aromatic heterocycles. The summed E-state index contributed by atoms with van der Waals surface area (Å²) in [4.78, 5) is 33.2. The molecule has 2 amide bonds. The summed E-state index contributed by atoms with van der Waals surface area (Å²) in [6, 6.07) is 0. The number of aromatic nitrogens is 1. The molecule has 0 unspecified atom stereocenters. The van der Waals surface area contributed by atoms with Gasteiger partial charge >= 0.3 is 6.18 Å². The summed E-state index contributed by atoms with van der Waals surface area (Å²) in [5.74, 6) is 0.648. The van der Waals surface area contributed by atoms with Crippen LogP contribution in [0.2, 0.25) is 0 Å². The SMILES string of the molecule is CC=CNC(=O)C(C=CCSCC=CCC(F)(F)F)=Cc1[nH]c(C)c(C(=O)N2CCN(C)CC2)c1C. The fourth-order valence-electron chi connectivity index (χ4n) is 3.66. The maximum Gasteiger partial charge on any atom is 0.392 e. The number of alkyl halides is 3. The van der Waals surface area contributed by atoms with Crippen LogP contribution in [0.15, 0.2) is 42.2 Å². The van der Waals surface area contributed by atoms with E-state index in [9.17, 15) is 22.8 Å². The summed E-state index contributed by atoms with van der Waals surface area (Å²) < 4.78 is 36.5. The number of amides is 2. The smallest absolute Gasteiger partial charge is 0.358 e. The lowest BCUT2D eigenvalue weighted by molar-refractivity contribution is -0.125. The van der Waals surface area contributed by atoms with Gasteiger partial charge in [0.2, 0.25) is 0 Å². The molecular weight excluding hydrogens is 489 g/mol. The fourth-order valence-corrected chi connectivity index (χ4v) is 4.30. The Morgan fingerprint density at radius 3 is 2.39 bits per heavy atom. The maximum absolute atomic E-state index is 13.2. The Morgan fingerprint density at radius 2 is 1.75 bits per heavy atom. The minimum Gasteiger partial charge on any atom is -0.358 e. The van der Waals surface area contributed by atoms with Gasteiger partial charge in [0.05, 0.1) is 12.0 Å². The summed E-state index contributed by atoms with van der Waals surface area (Å²) in [6.07, 6.45) is 5.92. The van der Waals surface area contributed by atoms with Gasteiger partial charge in [0, 0.05) is 54.6 Å². The van der Waals surface area contributed by atoms with E-state index in [1.165, 1.54) is 17.8 Å². The molecular formula is C26H35F3N4O2S. The zero-order chi connectivity index (χ0) is 26.7. The summed E-state index contributed by atoms with van der Waals surface area (Å²) in [6.45, 7) is 8.52. The molecule has 36 heavy (non-hydrogen) atoms. The molecule has 0 aliphatic carbocycles. The number of piperazine rings is 1. The second-order valence-corrected chi connectivity index (χ2v) is 9.64. The Bertz CT molecular complexity index is 1020. The van der Waals surface area contributed by atoms with Crippen molar-refractivity contribution in [3.63, 3.8) is 0 Å². The molecule has 1 fully saturated rings. The standard InChI is InChI=1S/C26H35F3N4O2S/c1-5-11-30-24(34)21(9-8-17-36-16-7-6-10-26(27,28)29)18-22-19(2)23(20(3)31-22)25(35)33-14-12-32(4)13-15-33/h5-9,11,18,31H,10,12-17H2,1-4H3,(H,30,34). The lowest BCUT2D eigenvalue weighted by atomic mass is 10.1. The quantitative estimate of drug-likeness (QED) is 0.199. The number of aryl methyl sites for hydroxylation is 1. The first-order valence-electron chi connectivity index (χ1n) is 11.8. The summed E-state index contributed by atoms with van der Waals surface area (Å²) in [5, 5.41) is 2.70. The molecule has 0 aromatic carbocycles. The van der Waals surface area contributed by atoms with Crippen molar-refractivity contribution in [2.24, 2.45) is 0 Å². The zero-order valence-electron chi connectivity index (χ0n) is 21.2. The summed E-state index contributed by atoms with van der Waals surface area (Å²) >= 11 is 1.44. The van der Waals surface area contributed by atoms with Crippen LogP contribution >= 0.6 is 11.8 Å². The van der Waals surface area contributed by atoms with Gasteiger partial charge in [-0.3, -0.25) is 9.59 Å². The third-order valence-corrected chi connectivity index (χ3v) is 6.52. The van der Waals surface area contributed by atoms with Crippen molar-refractivity contribution >= 4 is 29.7 Å². The van der Waals surface area contributed by atoms with E-state index in [0.29, 0.717) is 41.4 Å². The second kappa shape index (κ2) is 14.1. The number of hydrogen-bond donors (Lipinski definition) is 2. The number of carbonyl (C=O) groups is 2. The molecule has 1 aliphatic rings. The van der Waals surface area contributed by atoms with Crippen LogP contribution < -0.4 is 5.32 Å². The highest BCUT2D eigenvalue weighted by atomic mass is 32.2.